The van der Waals surface area contributed by atoms with E-state index in [1.54, 1.807) is 36.4 Å². The Morgan fingerprint density at radius 1 is 0.737 bits per heavy atom. The van der Waals surface area contributed by atoms with Gasteiger partial charge < -0.3 is 9.47 Å². The zero-order chi connectivity index (χ0) is 28.0. The molecule has 0 unspecified atom stereocenters. The van der Waals surface area contributed by atoms with E-state index in [4.69, 9.17) is 4.74 Å². The Labute approximate surface area is 216 Å². The van der Waals surface area contributed by atoms with Crippen molar-refractivity contribution in [1.29, 1.82) is 0 Å². The number of sulfonamides is 1. The molecule has 0 N–H and O–H groups in total. The molecule has 5 nitrogen and oxygen atoms in total. The average molecular weight is 562 g/mol. The average Bonchev–Trinajstić information content (AvgIpc) is 2.87. The summed E-state index contributed by atoms with van der Waals surface area (Å²) >= 11 is 0. The first-order valence-electron chi connectivity index (χ1n) is 11.4. The van der Waals surface area contributed by atoms with Gasteiger partial charge in [-0.25, -0.2) is 8.42 Å². The van der Waals surface area contributed by atoms with Crippen molar-refractivity contribution in [3.05, 3.63) is 96.1 Å². The molecule has 0 aliphatic heterocycles. The fourth-order valence-electron chi connectivity index (χ4n) is 3.83. The third-order valence-corrected chi connectivity index (χ3v) is 7.55. The van der Waals surface area contributed by atoms with E-state index in [1.807, 2.05) is 0 Å². The number of ether oxygens (including phenoxy) is 2. The van der Waals surface area contributed by atoms with Crippen LogP contribution in [0.1, 0.15) is 18.1 Å². The zero-order valence-corrected chi connectivity index (χ0v) is 21.0. The van der Waals surface area contributed by atoms with Gasteiger partial charge in [0, 0.05) is 12.1 Å². The molecule has 0 fully saturated rings. The normalized spacial score (nSPS) is 12.9. The van der Waals surface area contributed by atoms with Crippen LogP contribution in [-0.4, -0.2) is 40.5 Å². The van der Waals surface area contributed by atoms with Gasteiger partial charge in [-0.15, -0.1) is 0 Å². The SMILES string of the molecule is CCN(c1ccc(C(OCCOCc2ccccc2)(C(F)(F)F)C(F)(F)F)cc1)S(=O)(=O)c1ccccc1. The number of hydrogen-bond donors (Lipinski definition) is 0. The summed E-state index contributed by atoms with van der Waals surface area (Å²) in [5, 5.41) is 0. The van der Waals surface area contributed by atoms with Crippen LogP contribution in [-0.2, 0) is 31.7 Å². The minimum atomic E-state index is -5.88. The molecule has 206 valence electrons. The van der Waals surface area contributed by atoms with Gasteiger partial charge in [0.25, 0.3) is 15.6 Å². The molecular formula is C26H25F6NO4S. The molecule has 0 aliphatic rings. The number of halogens is 6. The minimum Gasteiger partial charge on any atom is -0.374 e. The molecule has 3 rings (SSSR count). The van der Waals surface area contributed by atoms with Crippen LogP contribution < -0.4 is 4.31 Å². The molecule has 3 aromatic rings. The third-order valence-electron chi connectivity index (χ3n) is 5.64. The van der Waals surface area contributed by atoms with Gasteiger partial charge in [0.15, 0.2) is 0 Å². The largest absolute Gasteiger partial charge is 0.430 e. The smallest absolute Gasteiger partial charge is 0.374 e. The van der Waals surface area contributed by atoms with Gasteiger partial charge in [0.1, 0.15) is 0 Å². The number of hydrogen-bond acceptors (Lipinski definition) is 4. The first-order chi connectivity index (χ1) is 17.8. The molecule has 0 amide bonds. The fourth-order valence-corrected chi connectivity index (χ4v) is 5.32. The van der Waals surface area contributed by atoms with E-state index in [9.17, 15) is 34.8 Å². The van der Waals surface area contributed by atoms with Crippen molar-refractivity contribution in [2.45, 2.75) is 36.4 Å². The molecule has 0 saturated carbocycles. The highest BCUT2D eigenvalue weighted by atomic mass is 32.2. The van der Waals surface area contributed by atoms with E-state index in [2.05, 4.69) is 4.74 Å². The predicted octanol–water partition coefficient (Wildman–Crippen LogP) is 6.46. The van der Waals surface area contributed by atoms with Crippen LogP contribution in [0, 0.1) is 0 Å². The Bertz CT molecular complexity index is 1250. The lowest BCUT2D eigenvalue weighted by molar-refractivity contribution is -0.390. The monoisotopic (exact) mass is 561 g/mol. The molecule has 3 aromatic carbocycles. The molecule has 38 heavy (non-hydrogen) atoms. The summed E-state index contributed by atoms with van der Waals surface area (Å²) in [6.45, 7) is -0.179. The predicted molar refractivity (Wildman–Crippen MR) is 129 cm³/mol. The topological polar surface area (TPSA) is 55.8 Å². The summed E-state index contributed by atoms with van der Waals surface area (Å²) in [7, 11) is -4.11. The van der Waals surface area contributed by atoms with Crippen LogP contribution in [0.25, 0.3) is 0 Å². The number of benzene rings is 3. The van der Waals surface area contributed by atoms with E-state index >= 15 is 0 Å². The van der Waals surface area contributed by atoms with Gasteiger partial charge in [-0.05, 0) is 36.8 Å². The summed E-state index contributed by atoms with van der Waals surface area (Å²) in [5.41, 5.74) is -5.31. The molecule has 12 heteroatoms. The van der Waals surface area contributed by atoms with Crippen molar-refractivity contribution in [2.75, 3.05) is 24.1 Å². The van der Waals surface area contributed by atoms with Crippen molar-refractivity contribution in [3.63, 3.8) is 0 Å². The highest BCUT2D eigenvalue weighted by molar-refractivity contribution is 7.92. The second-order valence-electron chi connectivity index (χ2n) is 8.09. The molecule has 0 saturated heterocycles. The van der Waals surface area contributed by atoms with Crippen LogP contribution in [0.5, 0.6) is 0 Å². The molecule has 0 aliphatic carbocycles. The van der Waals surface area contributed by atoms with Gasteiger partial charge >= 0.3 is 12.4 Å². The first kappa shape index (κ1) is 29.5. The number of rotatable bonds is 11. The maximum Gasteiger partial charge on any atom is 0.430 e. The third kappa shape index (κ3) is 6.13. The maximum absolute atomic E-state index is 14.1. The zero-order valence-electron chi connectivity index (χ0n) is 20.2. The second-order valence-corrected chi connectivity index (χ2v) is 9.96. The van der Waals surface area contributed by atoms with Crippen LogP contribution in [0.2, 0.25) is 0 Å². The maximum atomic E-state index is 14.1. The Balaban J connectivity index is 1.88. The van der Waals surface area contributed by atoms with Gasteiger partial charge in [-0.2, -0.15) is 26.3 Å². The standard InChI is InChI=1S/C26H25F6NO4S/c1-2-33(38(34,35)23-11-7-4-8-12-23)22-15-13-21(14-16-22)24(25(27,28)29,26(30,31)32)37-18-17-36-19-20-9-5-3-6-10-20/h3-16H,2,17-19H2,1H3. The van der Waals surface area contributed by atoms with Gasteiger partial charge in [-0.1, -0.05) is 60.7 Å². The van der Waals surface area contributed by atoms with Gasteiger partial charge in [0.05, 0.1) is 30.4 Å². The van der Waals surface area contributed by atoms with Crippen LogP contribution in [0.3, 0.4) is 0 Å². The van der Waals surface area contributed by atoms with E-state index in [0.717, 1.165) is 16.4 Å². The lowest BCUT2D eigenvalue weighted by Gasteiger charge is -2.37. The van der Waals surface area contributed by atoms with E-state index in [1.165, 1.54) is 31.2 Å². The number of alkyl halides is 6. The summed E-state index contributed by atoms with van der Waals surface area (Å²) in [5.74, 6) is 0. The molecule has 0 bridgehead atoms. The molecule has 0 spiro atoms. The lowest BCUT2D eigenvalue weighted by Crippen LogP contribution is -2.56. The minimum absolute atomic E-state index is 0.0212. The Hall–Kier alpha value is -3.09. The lowest BCUT2D eigenvalue weighted by atomic mass is 9.91. The van der Waals surface area contributed by atoms with Crippen LogP contribution in [0.4, 0.5) is 32.0 Å². The Morgan fingerprint density at radius 2 is 1.26 bits per heavy atom. The summed E-state index contributed by atoms with van der Waals surface area (Å²) in [4.78, 5) is -0.0790. The molecular weight excluding hydrogens is 536 g/mol. The Morgan fingerprint density at radius 3 is 1.76 bits per heavy atom. The van der Waals surface area contributed by atoms with Crippen molar-refractivity contribution >= 4 is 15.7 Å². The quantitative estimate of drug-likeness (QED) is 0.199. The van der Waals surface area contributed by atoms with Crippen molar-refractivity contribution in [1.82, 2.24) is 0 Å². The molecule has 0 heterocycles. The highest BCUT2D eigenvalue weighted by Crippen LogP contribution is 2.53. The summed E-state index contributed by atoms with van der Waals surface area (Å²) in [6.07, 6.45) is -11.8. The van der Waals surface area contributed by atoms with Crippen LogP contribution in [0.15, 0.2) is 89.8 Å². The fraction of sp³-hybridized carbons (Fsp3) is 0.308. The Kier molecular flexibility index (Phi) is 9.11. The first-order valence-corrected chi connectivity index (χ1v) is 12.9. The molecule has 0 radical (unpaired) electrons. The second kappa shape index (κ2) is 11.7. The summed E-state index contributed by atoms with van der Waals surface area (Å²) < 4.78 is 121. The van der Waals surface area contributed by atoms with Gasteiger partial charge in [-0.3, -0.25) is 4.31 Å². The van der Waals surface area contributed by atoms with Crippen LogP contribution >= 0.6 is 0 Å². The van der Waals surface area contributed by atoms with E-state index in [0.29, 0.717) is 17.7 Å². The van der Waals surface area contributed by atoms with Crippen molar-refractivity contribution in [3.8, 4) is 0 Å². The number of nitrogens with zero attached hydrogens (tertiary/aromatic N) is 1. The van der Waals surface area contributed by atoms with Crippen molar-refractivity contribution < 1.29 is 44.2 Å². The van der Waals surface area contributed by atoms with Crippen molar-refractivity contribution in [2.24, 2.45) is 0 Å². The van der Waals surface area contributed by atoms with Gasteiger partial charge in [0.2, 0.25) is 0 Å². The molecule has 0 atom stereocenters. The van der Waals surface area contributed by atoms with E-state index < -0.39 is 46.8 Å². The molecule has 0 aromatic heterocycles. The summed E-state index contributed by atoms with van der Waals surface area (Å²) in [6, 6.07) is 18.7. The van der Waals surface area contributed by atoms with E-state index in [-0.39, 0.29) is 23.7 Å². The number of anilines is 1. The highest BCUT2D eigenvalue weighted by Gasteiger charge is 2.73.